The first-order valence-corrected chi connectivity index (χ1v) is 6.80. The first-order valence-electron chi connectivity index (χ1n) is 6.01. The zero-order valence-corrected chi connectivity index (χ0v) is 11.5. The van der Waals surface area contributed by atoms with Crippen LogP contribution in [0.3, 0.4) is 0 Å². The van der Waals surface area contributed by atoms with Crippen LogP contribution in [0, 0.1) is 0 Å². The maximum absolute atomic E-state index is 4.64. The van der Waals surface area contributed by atoms with E-state index in [4.69, 9.17) is 0 Å². The van der Waals surface area contributed by atoms with Crippen LogP contribution in [0.2, 0.25) is 0 Å². The minimum atomic E-state index is 0.608. The highest BCUT2D eigenvalue weighted by atomic mass is 79.9. The Hall–Kier alpha value is -0.640. The highest BCUT2D eigenvalue weighted by molar-refractivity contribution is 9.10. The van der Waals surface area contributed by atoms with Crippen molar-refractivity contribution in [2.75, 3.05) is 11.4 Å². The van der Waals surface area contributed by atoms with Gasteiger partial charge < -0.3 is 4.90 Å². The topological polar surface area (TPSA) is 29.0 Å². The zero-order valence-electron chi connectivity index (χ0n) is 9.91. The van der Waals surface area contributed by atoms with Crippen molar-refractivity contribution >= 4 is 21.7 Å². The van der Waals surface area contributed by atoms with Crippen LogP contribution in [0.4, 0.5) is 5.82 Å². The molecule has 2 heterocycles. The van der Waals surface area contributed by atoms with Gasteiger partial charge in [0.1, 0.15) is 16.2 Å². The predicted molar refractivity (Wildman–Crippen MR) is 69.8 cm³/mol. The van der Waals surface area contributed by atoms with Gasteiger partial charge in [-0.1, -0.05) is 6.92 Å². The molecule has 4 heteroatoms. The number of rotatable bonds is 3. The Bertz CT molecular complexity index is 367. The van der Waals surface area contributed by atoms with E-state index in [1.165, 1.54) is 12.8 Å². The van der Waals surface area contributed by atoms with Crippen LogP contribution in [0.1, 0.15) is 38.9 Å². The summed E-state index contributed by atoms with van der Waals surface area (Å²) in [4.78, 5) is 11.4. The second-order valence-electron chi connectivity index (χ2n) is 4.40. The summed E-state index contributed by atoms with van der Waals surface area (Å²) in [5, 5.41) is 0. The largest absolute Gasteiger partial charge is 0.354 e. The number of hydrogen-bond donors (Lipinski definition) is 0. The van der Waals surface area contributed by atoms with Gasteiger partial charge in [-0.3, -0.25) is 0 Å². The van der Waals surface area contributed by atoms with Crippen LogP contribution in [0.5, 0.6) is 0 Å². The summed E-state index contributed by atoms with van der Waals surface area (Å²) in [5.41, 5.74) is 0. The SMILES string of the molecule is CCCc1nc(Br)cc(N2CCCC2C)n1. The molecule has 1 unspecified atom stereocenters. The lowest BCUT2D eigenvalue weighted by atomic mass is 10.2. The first-order chi connectivity index (χ1) is 7.70. The van der Waals surface area contributed by atoms with E-state index >= 15 is 0 Å². The van der Waals surface area contributed by atoms with E-state index in [1.54, 1.807) is 0 Å². The second kappa shape index (κ2) is 5.13. The summed E-state index contributed by atoms with van der Waals surface area (Å²) >= 11 is 3.47. The number of halogens is 1. The fraction of sp³-hybridized carbons (Fsp3) is 0.667. The highest BCUT2D eigenvalue weighted by Crippen LogP contribution is 2.25. The highest BCUT2D eigenvalue weighted by Gasteiger charge is 2.22. The molecule has 1 atom stereocenters. The number of nitrogens with zero attached hydrogens (tertiary/aromatic N) is 3. The van der Waals surface area contributed by atoms with Crippen molar-refractivity contribution < 1.29 is 0 Å². The average Bonchev–Trinajstić information content (AvgIpc) is 2.64. The molecule has 0 bridgehead atoms. The van der Waals surface area contributed by atoms with Crippen LogP contribution in [0.25, 0.3) is 0 Å². The standard InChI is InChI=1S/C12H18BrN3/c1-3-5-11-14-10(13)8-12(15-11)16-7-4-6-9(16)2/h8-9H,3-7H2,1-2H3. The van der Waals surface area contributed by atoms with Gasteiger partial charge in [0.05, 0.1) is 0 Å². The molecule has 0 saturated carbocycles. The molecule has 3 nitrogen and oxygen atoms in total. The van der Waals surface area contributed by atoms with Crippen LogP contribution < -0.4 is 4.90 Å². The number of aromatic nitrogens is 2. The van der Waals surface area contributed by atoms with Gasteiger partial charge in [-0.15, -0.1) is 0 Å². The number of aryl methyl sites for hydroxylation is 1. The molecule has 0 spiro atoms. The van der Waals surface area contributed by atoms with Gasteiger partial charge in [0.15, 0.2) is 0 Å². The van der Waals surface area contributed by atoms with Gasteiger partial charge >= 0.3 is 0 Å². The second-order valence-corrected chi connectivity index (χ2v) is 5.21. The van der Waals surface area contributed by atoms with Crippen LogP contribution in [0.15, 0.2) is 10.7 Å². The van der Waals surface area contributed by atoms with Gasteiger partial charge in [-0.25, -0.2) is 9.97 Å². The zero-order chi connectivity index (χ0) is 11.5. The van der Waals surface area contributed by atoms with Crippen molar-refractivity contribution in [2.24, 2.45) is 0 Å². The molecule has 16 heavy (non-hydrogen) atoms. The van der Waals surface area contributed by atoms with Crippen LogP contribution in [-0.4, -0.2) is 22.6 Å². The van der Waals surface area contributed by atoms with Gasteiger partial charge in [0.2, 0.25) is 0 Å². The molecule has 0 aromatic carbocycles. The lowest BCUT2D eigenvalue weighted by molar-refractivity contribution is 0.718. The fourth-order valence-electron chi connectivity index (χ4n) is 2.21. The molecule has 1 aromatic heterocycles. The lowest BCUT2D eigenvalue weighted by Gasteiger charge is -2.22. The van der Waals surface area contributed by atoms with E-state index in [9.17, 15) is 0 Å². The van der Waals surface area contributed by atoms with Gasteiger partial charge in [-0.2, -0.15) is 0 Å². The Morgan fingerprint density at radius 2 is 2.31 bits per heavy atom. The molecule has 0 amide bonds. The Morgan fingerprint density at radius 1 is 1.50 bits per heavy atom. The summed E-state index contributed by atoms with van der Waals surface area (Å²) in [7, 11) is 0. The van der Waals surface area contributed by atoms with Gasteiger partial charge in [0.25, 0.3) is 0 Å². The molecule has 1 saturated heterocycles. The molecular formula is C12H18BrN3. The number of anilines is 1. The van der Waals surface area contributed by atoms with Gasteiger partial charge in [0, 0.05) is 25.1 Å². The lowest BCUT2D eigenvalue weighted by Crippen LogP contribution is -2.27. The molecule has 1 fully saturated rings. The maximum Gasteiger partial charge on any atom is 0.133 e. The van der Waals surface area contributed by atoms with E-state index < -0.39 is 0 Å². The minimum Gasteiger partial charge on any atom is -0.354 e. The smallest absolute Gasteiger partial charge is 0.133 e. The molecule has 2 rings (SSSR count). The Kier molecular flexibility index (Phi) is 3.79. The molecule has 88 valence electrons. The van der Waals surface area contributed by atoms with Crippen molar-refractivity contribution in [2.45, 2.75) is 45.6 Å². The third kappa shape index (κ3) is 2.54. The van der Waals surface area contributed by atoms with Crippen molar-refractivity contribution in [3.8, 4) is 0 Å². The monoisotopic (exact) mass is 283 g/mol. The van der Waals surface area contributed by atoms with E-state index in [1.807, 2.05) is 6.07 Å². The van der Waals surface area contributed by atoms with E-state index in [0.29, 0.717) is 6.04 Å². The molecule has 1 aromatic rings. The van der Waals surface area contributed by atoms with Crippen LogP contribution >= 0.6 is 15.9 Å². The predicted octanol–water partition coefficient (Wildman–Crippen LogP) is 3.18. The van der Waals surface area contributed by atoms with Crippen molar-refractivity contribution in [3.05, 3.63) is 16.5 Å². The summed E-state index contributed by atoms with van der Waals surface area (Å²) < 4.78 is 0.903. The summed E-state index contributed by atoms with van der Waals surface area (Å²) in [6.45, 7) is 5.54. The fourth-order valence-corrected chi connectivity index (χ4v) is 2.62. The van der Waals surface area contributed by atoms with E-state index in [0.717, 1.165) is 35.6 Å². The van der Waals surface area contributed by atoms with Gasteiger partial charge in [-0.05, 0) is 42.1 Å². The molecule has 1 aliphatic heterocycles. The Balaban J connectivity index is 2.25. The van der Waals surface area contributed by atoms with E-state index in [2.05, 4.69) is 44.6 Å². The average molecular weight is 284 g/mol. The first kappa shape index (κ1) is 11.8. The molecule has 0 aliphatic carbocycles. The number of hydrogen-bond acceptors (Lipinski definition) is 3. The summed E-state index contributed by atoms with van der Waals surface area (Å²) in [6.07, 6.45) is 4.58. The summed E-state index contributed by atoms with van der Waals surface area (Å²) in [6, 6.07) is 2.64. The van der Waals surface area contributed by atoms with Crippen molar-refractivity contribution in [3.63, 3.8) is 0 Å². The quantitative estimate of drug-likeness (QED) is 0.798. The molecule has 0 N–H and O–H groups in total. The normalized spacial score (nSPS) is 20.4. The van der Waals surface area contributed by atoms with Crippen molar-refractivity contribution in [1.82, 2.24) is 9.97 Å². The molecule has 0 radical (unpaired) electrons. The Labute approximate surface area is 105 Å². The van der Waals surface area contributed by atoms with Crippen LogP contribution in [-0.2, 0) is 6.42 Å². The third-order valence-electron chi connectivity index (χ3n) is 3.05. The minimum absolute atomic E-state index is 0.608. The third-order valence-corrected chi connectivity index (χ3v) is 3.45. The Morgan fingerprint density at radius 3 is 2.94 bits per heavy atom. The molecular weight excluding hydrogens is 266 g/mol. The molecule has 1 aliphatic rings. The van der Waals surface area contributed by atoms with Crippen molar-refractivity contribution in [1.29, 1.82) is 0 Å². The summed E-state index contributed by atoms with van der Waals surface area (Å²) in [5.74, 6) is 2.03. The van der Waals surface area contributed by atoms with E-state index in [-0.39, 0.29) is 0 Å². The maximum atomic E-state index is 4.64.